The van der Waals surface area contributed by atoms with Gasteiger partial charge in [-0.3, -0.25) is 9.69 Å². The smallest absolute Gasteiger partial charge is 0.222 e. The van der Waals surface area contributed by atoms with Crippen LogP contribution in [0.15, 0.2) is 18.2 Å². The number of benzene rings is 1. The average Bonchev–Trinajstić information content (AvgIpc) is 2.52. The number of nitrogens with one attached hydrogen (secondary N) is 1. The van der Waals surface area contributed by atoms with Crippen LogP contribution in [0.4, 0.5) is 8.78 Å². The number of rotatable bonds is 6. The van der Waals surface area contributed by atoms with Gasteiger partial charge in [-0.1, -0.05) is 19.9 Å². The number of likely N-dealkylation sites (tertiary alicyclic amines) is 1. The highest BCUT2D eigenvalue weighted by molar-refractivity contribution is 5.76. The van der Waals surface area contributed by atoms with Crippen molar-refractivity contribution in [3.8, 4) is 0 Å². The molecule has 0 saturated carbocycles. The van der Waals surface area contributed by atoms with Crippen LogP contribution < -0.4 is 5.32 Å². The molecule has 0 aliphatic carbocycles. The van der Waals surface area contributed by atoms with Crippen LogP contribution >= 0.6 is 0 Å². The lowest BCUT2D eigenvalue weighted by molar-refractivity contribution is -0.124. The minimum Gasteiger partial charge on any atom is -0.392 e. The highest BCUT2D eigenvalue weighted by Gasteiger charge is 2.22. The van der Waals surface area contributed by atoms with Crippen molar-refractivity contribution in [1.82, 2.24) is 10.2 Å². The molecular weight excluding hydrogens is 314 g/mol. The van der Waals surface area contributed by atoms with Crippen LogP contribution in [0.5, 0.6) is 0 Å². The van der Waals surface area contributed by atoms with Gasteiger partial charge in [0.2, 0.25) is 5.91 Å². The molecule has 1 aromatic carbocycles. The van der Waals surface area contributed by atoms with Crippen molar-refractivity contribution in [2.24, 2.45) is 5.92 Å². The lowest BCUT2D eigenvalue weighted by atomic mass is 10.0. The molecule has 1 saturated heterocycles. The first-order valence-corrected chi connectivity index (χ1v) is 8.49. The van der Waals surface area contributed by atoms with Crippen molar-refractivity contribution in [2.45, 2.75) is 51.8 Å². The Balaban J connectivity index is 1.75. The molecule has 1 aromatic rings. The molecule has 134 valence electrons. The summed E-state index contributed by atoms with van der Waals surface area (Å²) in [5.74, 6) is -1.70. The number of halogens is 2. The molecule has 2 rings (SSSR count). The van der Waals surface area contributed by atoms with Crippen LogP contribution in [0, 0.1) is 17.6 Å². The maximum Gasteiger partial charge on any atom is 0.222 e. The molecule has 1 aliphatic heterocycles. The monoisotopic (exact) mass is 340 g/mol. The molecule has 1 fully saturated rings. The minimum absolute atomic E-state index is 0.0636. The van der Waals surface area contributed by atoms with Crippen LogP contribution in [0.3, 0.4) is 0 Å². The van der Waals surface area contributed by atoms with Crippen molar-refractivity contribution in [1.29, 1.82) is 0 Å². The first kappa shape index (κ1) is 18.8. The summed E-state index contributed by atoms with van der Waals surface area (Å²) in [5.41, 5.74) is 0.747. The Labute approximate surface area is 141 Å². The van der Waals surface area contributed by atoms with Crippen molar-refractivity contribution in [3.05, 3.63) is 35.4 Å². The zero-order valence-electron chi connectivity index (χ0n) is 14.3. The lowest BCUT2D eigenvalue weighted by Crippen LogP contribution is -2.45. The first-order valence-electron chi connectivity index (χ1n) is 8.49. The standard InChI is InChI=1S/C18H26F2N2O2/c1-12(2)17(23)10-18(24)21-14-5-7-22(8-6-14)11-13-3-4-15(19)16(20)9-13/h3-4,9,12,14,17,23H,5-8,10-11H2,1-2H3,(H,21,24). The molecule has 4 nitrogen and oxygen atoms in total. The molecule has 1 aliphatic rings. The fraction of sp³-hybridized carbons (Fsp3) is 0.611. The number of aliphatic hydroxyl groups is 1. The van der Waals surface area contributed by atoms with E-state index >= 15 is 0 Å². The molecular formula is C18H26F2N2O2. The molecule has 0 spiro atoms. The van der Waals surface area contributed by atoms with Gasteiger partial charge in [-0.25, -0.2) is 8.78 Å². The third-order valence-corrected chi connectivity index (χ3v) is 4.51. The maximum absolute atomic E-state index is 13.2. The SMILES string of the molecule is CC(C)C(O)CC(=O)NC1CCN(Cc2ccc(F)c(F)c2)CC1. The van der Waals surface area contributed by atoms with Crippen LogP contribution in [-0.4, -0.2) is 41.1 Å². The maximum atomic E-state index is 13.2. The van der Waals surface area contributed by atoms with Crippen molar-refractivity contribution in [2.75, 3.05) is 13.1 Å². The van der Waals surface area contributed by atoms with Crippen molar-refractivity contribution in [3.63, 3.8) is 0 Å². The topological polar surface area (TPSA) is 52.6 Å². The Morgan fingerprint density at radius 2 is 1.96 bits per heavy atom. The molecule has 1 atom stereocenters. The summed E-state index contributed by atoms with van der Waals surface area (Å²) in [6.07, 6.45) is 1.14. The molecule has 1 amide bonds. The second-order valence-corrected chi connectivity index (χ2v) is 6.88. The zero-order chi connectivity index (χ0) is 17.7. The highest BCUT2D eigenvalue weighted by Crippen LogP contribution is 2.16. The summed E-state index contributed by atoms with van der Waals surface area (Å²) in [5, 5.41) is 12.7. The van der Waals surface area contributed by atoms with Gasteiger partial charge in [-0.2, -0.15) is 0 Å². The lowest BCUT2D eigenvalue weighted by Gasteiger charge is -2.32. The van der Waals surface area contributed by atoms with Gasteiger partial charge in [-0.05, 0) is 36.5 Å². The largest absolute Gasteiger partial charge is 0.392 e. The van der Waals surface area contributed by atoms with E-state index in [0.29, 0.717) is 6.54 Å². The van der Waals surface area contributed by atoms with Gasteiger partial charge in [-0.15, -0.1) is 0 Å². The second-order valence-electron chi connectivity index (χ2n) is 6.88. The van der Waals surface area contributed by atoms with Gasteiger partial charge in [0.25, 0.3) is 0 Å². The van der Waals surface area contributed by atoms with Gasteiger partial charge >= 0.3 is 0 Å². The number of hydrogen-bond acceptors (Lipinski definition) is 3. The molecule has 6 heteroatoms. The quantitative estimate of drug-likeness (QED) is 0.836. The van der Waals surface area contributed by atoms with Gasteiger partial charge in [0.05, 0.1) is 12.5 Å². The van der Waals surface area contributed by atoms with E-state index in [0.717, 1.165) is 37.6 Å². The average molecular weight is 340 g/mol. The van der Waals surface area contributed by atoms with Crippen LogP contribution in [0.2, 0.25) is 0 Å². The summed E-state index contributed by atoms with van der Waals surface area (Å²) in [4.78, 5) is 14.1. The van der Waals surface area contributed by atoms with Crippen LogP contribution in [0.25, 0.3) is 0 Å². The Morgan fingerprint density at radius 3 is 2.54 bits per heavy atom. The van der Waals surface area contributed by atoms with Crippen LogP contribution in [0.1, 0.15) is 38.7 Å². The van der Waals surface area contributed by atoms with Crippen molar-refractivity contribution < 1.29 is 18.7 Å². The number of carbonyl (C=O) groups excluding carboxylic acids is 1. The van der Waals surface area contributed by atoms with E-state index in [1.807, 2.05) is 13.8 Å². The number of amides is 1. The molecule has 1 unspecified atom stereocenters. The highest BCUT2D eigenvalue weighted by atomic mass is 19.2. The summed E-state index contributed by atoms with van der Waals surface area (Å²) >= 11 is 0. The summed E-state index contributed by atoms with van der Waals surface area (Å²) in [6, 6.07) is 4.09. The Kier molecular flexibility index (Phi) is 6.69. The van der Waals surface area contributed by atoms with E-state index in [4.69, 9.17) is 0 Å². The van der Waals surface area contributed by atoms with E-state index in [1.165, 1.54) is 6.07 Å². The van der Waals surface area contributed by atoms with E-state index in [9.17, 15) is 18.7 Å². The molecule has 1 heterocycles. The number of aliphatic hydroxyl groups excluding tert-OH is 1. The predicted octanol–water partition coefficient (Wildman–Crippen LogP) is 2.45. The van der Waals surface area contributed by atoms with Gasteiger partial charge in [0.15, 0.2) is 11.6 Å². The summed E-state index contributed by atoms with van der Waals surface area (Å²) in [7, 11) is 0. The molecule has 2 N–H and O–H groups in total. The number of piperidine rings is 1. The van der Waals surface area contributed by atoms with E-state index in [-0.39, 0.29) is 24.3 Å². The number of nitrogens with zero attached hydrogens (tertiary/aromatic N) is 1. The second kappa shape index (κ2) is 8.53. The van der Waals surface area contributed by atoms with Crippen molar-refractivity contribution >= 4 is 5.91 Å². The Morgan fingerprint density at radius 1 is 1.29 bits per heavy atom. The number of hydrogen-bond donors (Lipinski definition) is 2. The molecule has 0 bridgehead atoms. The fourth-order valence-electron chi connectivity index (χ4n) is 2.84. The molecule has 0 aromatic heterocycles. The van der Waals surface area contributed by atoms with Crippen LogP contribution in [-0.2, 0) is 11.3 Å². The predicted molar refractivity (Wildman–Crippen MR) is 88.3 cm³/mol. The van der Waals surface area contributed by atoms with Gasteiger partial charge < -0.3 is 10.4 Å². The van der Waals surface area contributed by atoms with E-state index in [1.54, 1.807) is 6.07 Å². The summed E-state index contributed by atoms with van der Waals surface area (Å²) < 4.78 is 26.2. The van der Waals surface area contributed by atoms with Gasteiger partial charge in [0, 0.05) is 25.7 Å². The normalized spacial score (nSPS) is 17.9. The first-order chi connectivity index (χ1) is 11.3. The van der Waals surface area contributed by atoms with E-state index in [2.05, 4.69) is 10.2 Å². The third-order valence-electron chi connectivity index (χ3n) is 4.51. The summed E-state index contributed by atoms with van der Waals surface area (Å²) in [6.45, 7) is 5.92. The fourth-order valence-corrected chi connectivity index (χ4v) is 2.84. The van der Waals surface area contributed by atoms with Gasteiger partial charge in [0.1, 0.15) is 0 Å². The molecule has 0 radical (unpaired) electrons. The zero-order valence-corrected chi connectivity index (χ0v) is 14.3. The Hall–Kier alpha value is -1.53. The number of carbonyl (C=O) groups is 1. The van der Waals surface area contributed by atoms with E-state index < -0.39 is 17.7 Å². The minimum atomic E-state index is -0.830. The molecule has 24 heavy (non-hydrogen) atoms. The third kappa shape index (κ3) is 5.53. The Bertz CT molecular complexity index is 558.